The van der Waals surface area contributed by atoms with Crippen molar-refractivity contribution >= 4 is 9.84 Å². The average Bonchev–Trinajstić information content (AvgIpc) is 2.45. The molecule has 4 nitrogen and oxygen atoms in total. The molecule has 1 saturated carbocycles. The zero-order valence-corrected chi connectivity index (χ0v) is 13.5. The molecule has 1 fully saturated rings. The quantitative estimate of drug-likeness (QED) is 0.570. The monoisotopic (exact) mass is 310 g/mol. The van der Waals surface area contributed by atoms with Crippen molar-refractivity contribution in [1.82, 2.24) is 5.43 Å². The molecule has 118 valence electrons. The Bertz CT molecular complexity index is 539. The first kappa shape index (κ1) is 16.5. The van der Waals surface area contributed by atoms with Crippen LogP contribution in [0.3, 0.4) is 0 Å². The molecule has 1 aliphatic rings. The van der Waals surface area contributed by atoms with E-state index in [-0.39, 0.29) is 23.0 Å². The Kier molecular flexibility index (Phi) is 5.41. The third-order valence-corrected chi connectivity index (χ3v) is 6.64. The summed E-state index contributed by atoms with van der Waals surface area (Å²) in [4.78, 5) is 0. The Hall–Kier alpha value is -0.910. The summed E-state index contributed by atoms with van der Waals surface area (Å²) >= 11 is 0. The van der Waals surface area contributed by atoms with Crippen LogP contribution in [0.2, 0.25) is 0 Å². The molecule has 1 atom stereocenters. The third-order valence-electron chi connectivity index (χ3n) is 4.85. The zero-order valence-electron chi connectivity index (χ0n) is 12.7. The first-order valence-electron chi connectivity index (χ1n) is 7.76. The van der Waals surface area contributed by atoms with E-state index in [1.165, 1.54) is 12.0 Å². The number of nitrogens with two attached hydrogens (primary N) is 1. The zero-order chi connectivity index (χ0) is 15.3. The van der Waals surface area contributed by atoms with E-state index in [2.05, 4.69) is 29.7 Å². The van der Waals surface area contributed by atoms with Gasteiger partial charge in [0.1, 0.15) is 9.84 Å². The van der Waals surface area contributed by atoms with Crippen LogP contribution in [0.1, 0.15) is 44.6 Å². The largest absolute Gasteiger partial charge is 0.271 e. The van der Waals surface area contributed by atoms with Crippen molar-refractivity contribution < 1.29 is 8.42 Å². The van der Waals surface area contributed by atoms with E-state index >= 15 is 0 Å². The van der Waals surface area contributed by atoms with Crippen molar-refractivity contribution in [2.75, 3.05) is 11.5 Å². The van der Waals surface area contributed by atoms with Gasteiger partial charge in [-0.25, -0.2) is 8.42 Å². The topological polar surface area (TPSA) is 72.2 Å². The fourth-order valence-corrected chi connectivity index (χ4v) is 4.23. The van der Waals surface area contributed by atoms with Crippen LogP contribution in [-0.2, 0) is 15.3 Å². The molecule has 1 aliphatic carbocycles. The molecule has 3 N–H and O–H groups in total. The molecular weight excluding hydrogens is 284 g/mol. The SMILES string of the molecule is CCS(=O)(=O)CCCC(NN)C1(c2ccccc2)CCC1. The molecule has 1 aromatic carbocycles. The van der Waals surface area contributed by atoms with Crippen LogP contribution in [0.25, 0.3) is 0 Å². The van der Waals surface area contributed by atoms with Crippen LogP contribution >= 0.6 is 0 Å². The average molecular weight is 310 g/mol. The molecule has 0 heterocycles. The second-order valence-corrected chi connectivity index (χ2v) is 8.45. The maximum atomic E-state index is 11.6. The summed E-state index contributed by atoms with van der Waals surface area (Å²) in [6, 6.07) is 10.6. The molecular formula is C16H26N2O2S. The van der Waals surface area contributed by atoms with Crippen molar-refractivity contribution in [2.45, 2.75) is 50.5 Å². The van der Waals surface area contributed by atoms with Crippen LogP contribution in [0.15, 0.2) is 30.3 Å². The van der Waals surface area contributed by atoms with Gasteiger partial charge in [0.05, 0.1) is 5.75 Å². The number of hydrogen-bond donors (Lipinski definition) is 2. The number of benzene rings is 1. The van der Waals surface area contributed by atoms with Gasteiger partial charge in [0, 0.05) is 17.2 Å². The molecule has 5 heteroatoms. The van der Waals surface area contributed by atoms with Gasteiger partial charge in [0.25, 0.3) is 0 Å². The van der Waals surface area contributed by atoms with Crippen LogP contribution in [0, 0.1) is 0 Å². The minimum absolute atomic E-state index is 0.0754. The van der Waals surface area contributed by atoms with E-state index in [4.69, 9.17) is 5.84 Å². The highest BCUT2D eigenvalue weighted by Gasteiger charge is 2.44. The summed E-state index contributed by atoms with van der Waals surface area (Å²) in [7, 11) is -2.89. The predicted molar refractivity (Wildman–Crippen MR) is 86.6 cm³/mol. The normalized spacial score (nSPS) is 19.0. The molecule has 0 amide bonds. The van der Waals surface area contributed by atoms with E-state index in [9.17, 15) is 8.42 Å². The highest BCUT2D eigenvalue weighted by molar-refractivity contribution is 7.91. The summed E-state index contributed by atoms with van der Waals surface area (Å²) in [5.74, 6) is 6.26. The van der Waals surface area contributed by atoms with Gasteiger partial charge in [0.2, 0.25) is 0 Å². The van der Waals surface area contributed by atoms with Gasteiger partial charge in [0.15, 0.2) is 0 Å². The predicted octanol–water partition coefficient (Wildman–Crippen LogP) is 2.16. The molecule has 0 radical (unpaired) electrons. The Morgan fingerprint density at radius 1 is 1.29 bits per heavy atom. The Morgan fingerprint density at radius 2 is 1.95 bits per heavy atom. The van der Waals surface area contributed by atoms with Crippen molar-refractivity contribution in [2.24, 2.45) is 5.84 Å². The number of nitrogens with one attached hydrogen (secondary N) is 1. The lowest BCUT2D eigenvalue weighted by atomic mass is 9.59. The number of hydrogen-bond acceptors (Lipinski definition) is 4. The lowest BCUT2D eigenvalue weighted by molar-refractivity contribution is 0.161. The molecule has 2 rings (SSSR count). The van der Waals surface area contributed by atoms with Crippen molar-refractivity contribution in [3.63, 3.8) is 0 Å². The Labute approximate surface area is 128 Å². The van der Waals surface area contributed by atoms with Crippen molar-refractivity contribution in [1.29, 1.82) is 0 Å². The van der Waals surface area contributed by atoms with Crippen molar-refractivity contribution in [3.8, 4) is 0 Å². The number of rotatable bonds is 8. The Morgan fingerprint density at radius 3 is 2.43 bits per heavy atom. The minimum Gasteiger partial charge on any atom is -0.271 e. The number of hydrazine groups is 1. The molecule has 0 saturated heterocycles. The summed E-state index contributed by atoms with van der Waals surface area (Å²) < 4.78 is 23.2. The first-order valence-corrected chi connectivity index (χ1v) is 9.58. The van der Waals surface area contributed by atoms with Crippen LogP contribution in [0.4, 0.5) is 0 Å². The smallest absolute Gasteiger partial charge is 0.150 e. The highest BCUT2D eigenvalue weighted by atomic mass is 32.2. The summed E-state index contributed by atoms with van der Waals surface area (Å²) in [6.45, 7) is 1.70. The molecule has 1 unspecified atom stereocenters. The van der Waals surface area contributed by atoms with Gasteiger partial charge in [-0.2, -0.15) is 0 Å². The molecule has 0 bridgehead atoms. The van der Waals surface area contributed by atoms with E-state index < -0.39 is 9.84 Å². The van der Waals surface area contributed by atoms with Gasteiger partial charge in [-0.1, -0.05) is 43.7 Å². The molecule has 0 aliphatic heterocycles. The van der Waals surface area contributed by atoms with Crippen LogP contribution < -0.4 is 11.3 Å². The fraction of sp³-hybridized carbons (Fsp3) is 0.625. The maximum absolute atomic E-state index is 11.6. The Balaban J connectivity index is 2.05. The molecule has 0 spiro atoms. The second kappa shape index (κ2) is 6.90. The van der Waals surface area contributed by atoms with E-state index in [1.54, 1.807) is 6.92 Å². The highest BCUT2D eigenvalue weighted by Crippen LogP contribution is 2.47. The minimum atomic E-state index is -2.89. The fourth-order valence-electron chi connectivity index (χ4n) is 3.34. The summed E-state index contributed by atoms with van der Waals surface area (Å²) in [6.07, 6.45) is 4.91. The van der Waals surface area contributed by atoms with Gasteiger partial charge in [-0.15, -0.1) is 0 Å². The third kappa shape index (κ3) is 3.65. The van der Waals surface area contributed by atoms with Gasteiger partial charge in [-0.3, -0.25) is 11.3 Å². The first-order chi connectivity index (χ1) is 10.0. The second-order valence-electron chi connectivity index (χ2n) is 5.97. The number of sulfone groups is 1. The van der Waals surface area contributed by atoms with Gasteiger partial charge in [-0.05, 0) is 31.2 Å². The van der Waals surface area contributed by atoms with Gasteiger partial charge < -0.3 is 0 Å². The summed E-state index contributed by atoms with van der Waals surface area (Å²) in [5, 5.41) is 0. The maximum Gasteiger partial charge on any atom is 0.150 e. The van der Waals surface area contributed by atoms with E-state index in [0.29, 0.717) is 6.42 Å². The lowest BCUT2D eigenvalue weighted by Crippen LogP contribution is -2.55. The summed E-state index contributed by atoms with van der Waals surface area (Å²) in [5.41, 5.74) is 4.35. The van der Waals surface area contributed by atoms with Gasteiger partial charge >= 0.3 is 0 Å². The van der Waals surface area contributed by atoms with E-state index in [0.717, 1.165) is 19.3 Å². The molecule has 1 aromatic rings. The van der Waals surface area contributed by atoms with E-state index in [1.807, 2.05) is 6.07 Å². The molecule has 0 aromatic heterocycles. The standard InChI is InChI=1S/C16H26N2O2S/c1-2-21(19,20)13-6-10-15(18-17)16(11-7-12-16)14-8-4-3-5-9-14/h3-5,8-9,15,18H,2,6-7,10-13,17H2,1H3. The lowest BCUT2D eigenvalue weighted by Gasteiger charge is -2.48. The van der Waals surface area contributed by atoms with Crippen molar-refractivity contribution in [3.05, 3.63) is 35.9 Å². The van der Waals surface area contributed by atoms with Crippen LogP contribution in [0.5, 0.6) is 0 Å². The van der Waals surface area contributed by atoms with Crippen LogP contribution in [-0.4, -0.2) is 26.0 Å². The molecule has 21 heavy (non-hydrogen) atoms.